The van der Waals surface area contributed by atoms with Gasteiger partial charge in [0.1, 0.15) is 22.7 Å². The first-order valence-corrected chi connectivity index (χ1v) is 8.36. The summed E-state index contributed by atoms with van der Waals surface area (Å²) < 4.78 is 5.13. The number of benzene rings is 1. The van der Waals surface area contributed by atoms with Crippen LogP contribution in [0.25, 0.3) is 10.2 Å². The van der Waals surface area contributed by atoms with Crippen molar-refractivity contribution in [3.05, 3.63) is 47.1 Å². The summed E-state index contributed by atoms with van der Waals surface area (Å²) in [5.74, 6) is 1.33. The Kier molecular flexibility index (Phi) is 4.90. The minimum atomic E-state index is -0.130. The Bertz CT molecular complexity index is 863. The van der Waals surface area contributed by atoms with E-state index >= 15 is 0 Å². The van der Waals surface area contributed by atoms with Crippen molar-refractivity contribution >= 4 is 33.3 Å². The molecule has 2 aromatic heterocycles. The number of rotatable bonds is 6. The van der Waals surface area contributed by atoms with Gasteiger partial charge in [0.2, 0.25) is 0 Å². The van der Waals surface area contributed by atoms with Gasteiger partial charge in [-0.1, -0.05) is 6.07 Å². The molecule has 124 valence electrons. The molecular formula is C17H18N4O2S. The van der Waals surface area contributed by atoms with Gasteiger partial charge in [-0.15, -0.1) is 11.3 Å². The smallest absolute Gasteiger partial charge is 0.251 e. The first kappa shape index (κ1) is 16.2. The number of anilines is 1. The SMILES string of the molecule is COc1cccc(C(=O)NCCNc2ncnc3sc(C)cc23)c1. The lowest BCUT2D eigenvalue weighted by Gasteiger charge is -2.08. The fraction of sp³-hybridized carbons (Fsp3) is 0.235. The van der Waals surface area contributed by atoms with Crippen LogP contribution in [0.5, 0.6) is 5.75 Å². The van der Waals surface area contributed by atoms with Gasteiger partial charge in [-0.05, 0) is 31.2 Å². The quantitative estimate of drug-likeness (QED) is 0.674. The summed E-state index contributed by atoms with van der Waals surface area (Å²) in [7, 11) is 1.58. The molecule has 0 unspecified atom stereocenters. The Labute approximate surface area is 143 Å². The van der Waals surface area contributed by atoms with Gasteiger partial charge in [0.25, 0.3) is 5.91 Å². The number of methoxy groups -OCH3 is 1. The molecule has 2 N–H and O–H groups in total. The van der Waals surface area contributed by atoms with Crippen molar-refractivity contribution in [3.63, 3.8) is 0 Å². The lowest BCUT2D eigenvalue weighted by molar-refractivity contribution is 0.0955. The Morgan fingerprint density at radius 1 is 1.25 bits per heavy atom. The highest BCUT2D eigenvalue weighted by Gasteiger charge is 2.08. The van der Waals surface area contributed by atoms with E-state index in [2.05, 4.69) is 26.7 Å². The van der Waals surface area contributed by atoms with Crippen molar-refractivity contribution in [3.8, 4) is 5.75 Å². The number of carbonyl (C=O) groups is 1. The molecule has 0 saturated carbocycles. The van der Waals surface area contributed by atoms with Gasteiger partial charge in [0.05, 0.1) is 12.5 Å². The van der Waals surface area contributed by atoms with Gasteiger partial charge in [-0.25, -0.2) is 9.97 Å². The molecule has 6 nitrogen and oxygen atoms in total. The van der Waals surface area contributed by atoms with E-state index in [1.165, 1.54) is 4.88 Å². The highest BCUT2D eigenvalue weighted by atomic mass is 32.1. The van der Waals surface area contributed by atoms with E-state index in [0.29, 0.717) is 24.4 Å². The van der Waals surface area contributed by atoms with E-state index in [0.717, 1.165) is 16.0 Å². The molecule has 3 rings (SSSR count). The molecule has 0 aliphatic rings. The van der Waals surface area contributed by atoms with Gasteiger partial charge < -0.3 is 15.4 Å². The second-order valence-corrected chi connectivity index (χ2v) is 6.45. The number of hydrogen-bond donors (Lipinski definition) is 2. The molecule has 1 aromatic carbocycles. The summed E-state index contributed by atoms with van der Waals surface area (Å²) in [5, 5.41) is 7.14. The van der Waals surface area contributed by atoms with E-state index < -0.39 is 0 Å². The first-order chi connectivity index (χ1) is 11.7. The van der Waals surface area contributed by atoms with E-state index in [4.69, 9.17) is 4.74 Å². The summed E-state index contributed by atoms with van der Waals surface area (Å²) in [6.45, 7) is 3.12. The number of aromatic nitrogens is 2. The van der Waals surface area contributed by atoms with Crippen LogP contribution in [0, 0.1) is 6.92 Å². The van der Waals surface area contributed by atoms with Crippen molar-refractivity contribution < 1.29 is 9.53 Å². The normalized spacial score (nSPS) is 10.6. The summed E-state index contributed by atoms with van der Waals surface area (Å²) in [6.07, 6.45) is 1.55. The van der Waals surface area contributed by atoms with Crippen LogP contribution in [0.2, 0.25) is 0 Å². The predicted molar refractivity (Wildman–Crippen MR) is 96.0 cm³/mol. The zero-order valence-electron chi connectivity index (χ0n) is 13.5. The Morgan fingerprint density at radius 2 is 2.12 bits per heavy atom. The number of carbonyl (C=O) groups excluding carboxylic acids is 1. The lowest BCUT2D eigenvalue weighted by atomic mass is 10.2. The molecule has 2 heterocycles. The standard InChI is InChI=1S/C17H18N4O2S/c1-11-8-14-15(20-10-21-17(14)24-11)18-6-7-19-16(22)12-4-3-5-13(9-12)23-2/h3-5,8-10H,6-7H2,1-2H3,(H,19,22)(H,18,20,21). The summed E-state index contributed by atoms with van der Waals surface area (Å²) in [4.78, 5) is 22.8. The molecule has 0 aliphatic heterocycles. The van der Waals surface area contributed by atoms with Crippen LogP contribution < -0.4 is 15.4 Å². The zero-order chi connectivity index (χ0) is 16.9. The molecule has 0 saturated heterocycles. The number of aryl methyl sites for hydroxylation is 1. The molecule has 0 bridgehead atoms. The minimum absolute atomic E-state index is 0.130. The van der Waals surface area contributed by atoms with Crippen LogP contribution in [0.15, 0.2) is 36.7 Å². The number of thiophene rings is 1. The highest BCUT2D eigenvalue weighted by Crippen LogP contribution is 2.27. The molecule has 0 fully saturated rings. The highest BCUT2D eigenvalue weighted by molar-refractivity contribution is 7.18. The molecule has 7 heteroatoms. The maximum Gasteiger partial charge on any atom is 0.251 e. The number of fused-ring (bicyclic) bond motifs is 1. The van der Waals surface area contributed by atoms with Crippen LogP contribution in [-0.4, -0.2) is 36.1 Å². The van der Waals surface area contributed by atoms with Gasteiger partial charge in [-0.3, -0.25) is 4.79 Å². The third-order valence-corrected chi connectivity index (χ3v) is 4.45. The van der Waals surface area contributed by atoms with Crippen LogP contribution in [0.1, 0.15) is 15.2 Å². The number of nitrogens with zero attached hydrogens (tertiary/aromatic N) is 2. The van der Waals surface area contributed by atoms with Gasteiger partial charge in [0.15, 0.2) is 0 Å². The molecule has 0 aliphatic carbocycles. The van der Waals surface area contributed by atoms with Crippen molar-refractivity contribution in [2.45, 2.75) is 6.92 Å². The van der Waals surface area contributed by atoms with Crippen LogP contribution in [0.3, 0.4) is 0 Å². The Morgan fingerprint density at radius 3 is 2.96 bits per heavy atom. The third-order valence-electron chi connectivity index (χ3n) is 3.49. The summed E-state index contributed by atoms with van der Waals surface area (Å²) in [6, 6.07) is 9.14. The molecule has 0 radical (unpaired) electrons. The molecule has 0 atom stereocenters. The van der Waals surface area contributed by atoms with E-state index in [1.54, 1.807) is 43.0 Å². The Hall–Kier alpha value is -2.67. The predicted octanol–water partition coefficient (Wildman–Crippen LogP) is 2.85. The number of amides is 1. The average molecular weight is 342 g/mol. The minimum Gasteiger partial charge on any atom is -0.497 e. The fourth-order valence-corrected chi connectivity index (χ4v) is 3.19. The largest absolute Gasteiger partial charge is 0.497 e. The second kappa shape index (κ2) is 7.27. The fourth-order valence-electron chi connectivity index (χ4n) is 2.34. The van der Waals surface area contributed by atoms with Gasteiger partial charge >= 0.3 is 0 Å². The number of ether oxygens (including phenoxy) is 1. The zero-order valence-corrected chi connectivity index (χ0v) is 14.3. The Balaban J connectivity index is 1.55. The maximum atomic E-state index is 12.1. The first-order valence-electron chi connectivity index (χ1n) is 7.54. The second-order valence-electron chi connectivity index (χ2n) is 5.21. The van der Waals surface area contributed by atoms with E-state index in [1.807, 2.05) is 13.0 Å². The van der Waals surface area contributed by atoms with Crippen molar-refractivity contribution in [2.75, 3.05) is 25.5 Å². The van der Waals surface area contributed by atoms with E-state index in [9.17, 15) is 4.79 Å². The van der Waals surface area contributed by atoms with Gasteiger partial charge in [0, 0.05) is 23.5 Å². The van der Waals surface area contributed by atoms with Crippen LogP contribution in [0.4, 0.5) is 5.82 Å². The average Bonchev–Trinajstić information content (AvgIpc) is 2.99. The van der Waals surface area contributed by atoms with Crippen molar-refractivity contribution in [2.24, 2.45) is 0 Å². The topological polar surface area (TPSA) is 76.1 Å². The van der Waals surface area contributed by atoms with Crippen LogP contribution in [-0.2, 0) is 0 Å². The molecule has 24 heavy (non-hydrogen) atoms. The maximum absolute atomic E-state index is 12.1. The van der Waals surface area contributed by atoms with Gasteiger partial charge in [-0.2, -0.15) is 0 Å². The summed E-state index contributed by atoms with van der Waals surface area (Å²) in [5.41, 5.74) is 0.576. The molecule has 3 aromatic rings. The molecular weight excluding hydrogens is 324 g/mol. The third kappa shape index (κ3) is 3.62. The molecule has 1 amide bonds. The lowest BCUT2D eigenvalue weighted by Crippen LogP contribution is -2.28. The monoisotopic (exact) mass is 342 g/mol. The number of hydrogen-bond acceptors (Lipinski definition) is 6. The number of nitrogens with one attached hydrogen (secondary N) is 2. The van der Waals surface area contributed by atoms with E-state index in [-0.39, 0.29) is 5.91 Å². The summed E-state index contributed by atoms with van der Waals surface area (Å²) >= 11 is 1.64. The van der Waals surface area contributed by atoms with Crippen LogP contribution >= 0.6 is 11.3 Å². The van der Waals surface area contributed by atoms with Crippen molar-refractivity contribution in [1.82, 2.24) is 15.3 Å². The molecule has 0 spiro atoms. The van der Waals surface area contributed by atoms with Crippen molar-refractivity contribution in [1.29, 1.82) is 0 Å².